The summed E-state index contributed by atoms with van der Waals surface area (Å²) in [4.78, 5) is 1.64. The summed E-state index contributed by atoms with van der Waals surface area (Å²) in [6, 6.07) is -0.905. The molecule has 2 aliphatic rings. The first-order valence-corrected chi connectivity index (χ1v) is 5.45. The Morgan fingerprint density at radius 2 is 2.00 bits per heavy atom. The van der Waals surface area contributed by atoms with Crippen LogP contribution >= 0.6 is 0 Å². The Morgan fingerprint density at radius 3 is 2.33 bits per heavy atom. The van der Waals surface area contributed by atoms with Gasteiger partial charge in [0.2, 0.25) is 0 Å². The maximum absolute atomic E-state index is 12.9. The van der Waals surface area contributed by atoms with E-state index in [2.05, 4.69) is 5.32 Å². The Labute approximate surface area is 87.8 Å². The zero-order valence-corrected chi connectivity index (χ0v) is 9.01. The van der Waals surface area contributed by atoms with Gasteiger partial charge >= 0.3 is 6.18 Å². The molecule has 0 saturated carbocycles. The molecule has 2 aliphatic heterocycles. The Kier molecular flexibility index (Phi) is 2.71. The molecule has 0 radical (unpaired) electrons. The molecule has 0 aromatic carbocycles. The predicted octanol–water partition coefficient (Wildman–Crippen LogP) is 1.62. The highest BCUT2D eigenvalue weighted by Gasteiger charge is 2.51. The quantitative estimate of drug-likeness (QED) is 0.763. The van der Waals surface area contributed by atoms with Crippen molar-refractivity contribution in [3.8, 4) is 0 Å². The Bertz CT molecular complexity index is 239. The zero-order chi connectivity index (χ0) is 11.2. The van der Waals surface area contributed by atoms with Crippen molar-refractivity contribution >= 4 is 0 Å². The summed E-state index contributed by atoms with van der Waals surface area (Å²) in [7, 11) is 0. The lowest BCUT2D eigenvalue weighted by molar-refractivity contribution is -0.198. The molecule has 2 rings (SSSR count). The fourth-order valence-corrected chi connectivity index (χ4v) is 2.88. The highest BCUT2D eigenvalue weighted by atomic mass is 19.4. The average Bonchev–Trinajstić information content (AvgIpc) is 2.60. The van der Waals surface area contributed by atoms with Crippen LogP contribution in [0.15, 0.2) is 0 Å². The highest BCUT2D eigenvalue weighted by Crippen LogP contribution is 2.36. The number of piperazine rings is 1. The average molecular weight is 222 g/mol. The van der Waals surface area contributed by atoms with Crippen LogP contribution in [-0.2, 0) is 0 Å². The van der Waals surface area contributed by atoms with Gasteiger partial charge in [-0.25, -0.2) is 0 Å². The summed E-state index contributed by atoms with van der Waals surface area (Å²) in [6.45, 7) is 4.56. The molecule has 2 nitrogen and oxygen atoms in total. The number of nitrogens with zero attached hydrogens (tertiary/aromatic N) is 1. The van der Waals surface area contributed by atoms with E-state index in [1.165, 1.54) is 0 Å². The van der Waals surface area contributed by atoms with Gasteiger partial charge in [-0.2, -0.15) is 13.2 Å². The van der Waals surface area contributed by atoms with Crippen LogP contribution in [0.25, 0.3) is 0 Å². The minimum absolute atomic E-state index is 0.0871. The highest BCUT2D eigenvalue weighted by molar-refractivity contribution is 5.01. The molecular formula is C10H17F3N2. The summed E-state index contributed by atoms with van der Waals surface area (Å²) in [6.07, 6.45) is -3.22. The summed E-state index contributed by atoms with van der Waals surface area (Å²) < 4.78 is 38.7. The molecule has 0 spiro atoms. The first-order valence-electron chi connectivity index (χ1n) is 5.45. The number of hydrogen-bond acceptors (Lipinski definition) is 2. The van der Waals surface area contributed by atoms with E-state index in [0.29, 0.717) is 13.1 Å². The Morgan fingerprint density at radius 1 is 1.33 bits per heavy atom. The molecule has 2 saturated heterocycles. The van der Waals surface area contributed by atoms with Crippen molar-refractivity contribution in [2.75, 3.05) is 13.1 Å². The van der Waals surface area contributed by atoms with Gasteiger partial charge in [0.05, 0.1) is 0 Å². The van der Waals surface area contributed by atoms with Crippen LogP contribution in [0.5, 0.6) is 0 Å². The van der Waals surface area contributed by atoms with Gasteiger partial charge in [0.1, 0.15) is 6.04 Å². The number of fused-ring (bicyclic) bond motifs is 2. The maximum atomic E-state index is 12.9. The van der Waals surface area contributed by atoms with Crippen LogP contribution in [0.3, 0.4) is 0 Å². The topological polar surface area (TPSA) is 15.3 Å². The Balaban J connectivity index is 2.12. The van der Waals surface area contributed by atoms with Crippen LogP contribution in [0.1, 0.15) is 20.3 Å². The fraction of sp³-hybridized carbons (Fsp3) is 1.00. The van der Waals surface area contributed by atoms with Crippen LogP contribution in [0, 0.1) is 5.92 Å². The van der Waals surface area contributed by atoms with E-state index in [1.54, 1.807) is 18.7 Å². The summed E-state index contributed by atoms with van der Waals surface area (Å²) in [5.74, 6) is -0.371. The second-order valence-corrected chi connectivity index (χ2v) is 4.92. The van der Waals surface area contributed by atoms with Gasteiger partial charge in [0.25, 0.3) is 0 Å². The van der Waals surface area contributed by atoms with Crippen molar-refractivity contribution in [3.05, 3.63) is 0 Å². The molecule has 0 aromatic rings. The van der Waals surface area contributed by atoms with Crippen molar-refractivity contribution in [1.82, 2.24) is 10.2 Å². The van der Waals surface area contributed by atoms with E-state index in [4.69, 9.17) is 0 Å². The molecule has 1 N–H and O–H groups in total. The second-order valence-electron chi connectivity index (χ2n) is 4.92. The first-order chi connectivity index (χ1) is 6.89. The lowest BCUT2D eigenvalue weighted by atomic mass is 10.0. The van der Waals surface area contributed by atoms with Crippen LogP contribution < -0.4 is 5.32 Å². The standard InChI is InChI=1S/C10H17F3N2/c1-6(2)9(10(11,12)13)15-5-7-3-8(15)4-14-7/h6-9,14H,3-5H2,1-2H3. The van der Waals surface area contributed by atoms with E-state index in [9.17, 15) is 13.2 Å². The largest absolute Gasteiger partial charge is 0.404 e. The van der Waals surface area contributed by atoms with E-state index >= 15 is 0 Å². The van der Waals surface area contributed by atoms with Crippen molar-refractivity contribution < 1.29 is 13.2 Å². The molecule has 2 heterocycles. The number of nitrogens with one attached hydrogen (secondary N) is 1. The Hall–Kier alpha value is -0.290. The number of alkyl halides is 3. The number of rotatable bonds is 2. The van der Waals surface area contributed by atoms with E-state index in [0.717, 1.165) is 6.42 Å². The van der Waals surface area contributed by atoms with E-state index in [-0.39, 0.29) is 18.0 Å². The SMILES string of the molecule is CC(C)C(N1CC2CC1CN2)C(F)(F)F. The minimum atomic E-state index is -4.10. The van der Waals surface area contributed by atoms with Crippen LogP contribution in [0.4, 0.5) is 13.2 Å². The number of likely N-dealkylation sites (tertiary alicyclic amines) is 1. The van der Waals surface area contributed by atoms with Crippen LogP contribution in [0.2, 0.25) is 0 Å². The number of hydrogen-bond donors (Lipinski definition) is 1. The van der Waals surface area contributed by atoms with Gasteiger partial charge < -0.3 is 5.32 Å². The smallest absolute Gasteiger partial charge is 0.311 e. The molecule has 0 amide bonds. The lowest BCUT2D eigenvalue weighted by Gasteiger charge is -2.38. The third kappa shape index (κ3) is 1.99. The molecule has 88 valence electrons. The monoisotopic (exact) mass is 222 g/mol. The van der Waals surface area contributed by atoms with Crippen molar-refractivity contribution in [2.24, 2.45) is 5.92 Å². The molecule has 3 atom stereocenters. The second kappa shape index (κ2) is 3.63. The maximum Gasteiger partial charge on any atom is 0.404 e. The van der Waals surface area contributed by atoms with Gasteiger partial charge in [-0.15, -0.1) is 0 Å². The van der Waals surface area contributed by atoms with Gasteiger partial charge in [-0.3, -0.25) is 4.90 Å². The molecule has 15 heavy (non-hydrogen) atoms. The fourth-order valence-electron chi connectivity index (χ4n) is 2.88. The zero-order valence-electron chi connectivity index (χ0n) is 9.01. The van der Waals surface area contributed by atoms with Crippen molar-refractivity contribution in [3.63, 3.8) is 0 Å². The molecule has 0 aromatic heterocycles. The minimum Gasteiger partial charge on any atom is -0.311 e. The molecular weight excluding hydrogens is 205 g/mol. The third-order valence-corrected chi connectivity index (χ3v) is 3.42. The lowest BCUT2D eigenvalue weighted by Crippen LogP contribution is -2.55. The summed E-state index contributed by atoms with van der Waals surface area (Å²) in [5, 5.41) is 3.22. The van der Waals surface area contributed by atoms with Crippen LogP contribution in [-0.4, -0.2) is 42.3 Å². The summed E-state index contributed by atoms with van der Waals surface area (Å²) >= 11 is 0. The first kappa shape index (κ1) is 11.2. The van der Waals surface area contributed by atoms with Crippen molar-refractivity contribution in [1.29, 1.82) is 0 Å². The molecule has 0 aliphatic carbocycles. The number of halogens is 3. The van der Waals surface area contributed by atoms with Gasteiger partial charge in [-0.1, -0.05) is 13.8 Å². The third-order valence-electron chi connectivity index (χ3n) is 3.42. The predicted molar refractivity (Wildman–Crippen MR) is 51.6 cm³/mol. The summed E-state index contributed by atoms with van der Waals surface area (Å²) in [5.41, 5.74) is 0. The molecule has 2 bridgehead atoms. The van der Waals surface area contributed by atoms with Gasteiger partial charge in [0, 0.05) is 25.2 Å². The van der Waals surface area contributed by atoms with Crippen molar-refractivity contribution in [2.45, 2.75) is 44.6 Å². The molecule has 3 unspecified atom stereocenters. The van der Waals surface area contributed by atoms with Gasteiger partial charge in [0.15, 0.2) is 0 Å². The normalized spacial score (nSPS) is 34.0. The molecule has 5 heteroatoms. The molecule has 2 fully saturated rings. The van der Waals surface area contributed by atoms with E-state index in [1.807, 2.05) is 0 Å². The van der Waals surface area contributed by atoms with E-state index < -0.39 is 12.2 Å². The van der Waals surface area contributed by atoms with Gasteiger partial charge in [-0.05, 0) is 12.3 Å².